The Balaban J connectivity index is 1.49. The van der Waals surface area contributed by atoms with Gasteiger partial charge in [0.1, 0.15) is 12.2 Å². The van der Waals surface area contributed by atoms with Gasteiger partial charge in [-0.05, 0) is 68.0 Å². The van der Waals surface area contributed by atoms with Crippen LogP contribution < -0.4 is 10.6 Å². The molecular weight excluding hydrogens is 408 g/mol. The first-order chi connectivity index (χ1) is 14.0. The van der Waals surface area contributed by atoms with Crippen molar-refractivity contribution in [2.24, 2.45) is 0 Å². The summed E-state index contributed by atoms with van der Waals surface area (Å²) in [7, 11) is 0. The van der Waals surface area contributed by atoms with E-state index in [1.165, 1.54) is 0 Å². The molecule has 29 heavy (non-hydrogen) atoms. The molecule has 2 aromatic rings. The lowest BCUT2D eigenvalue weighted by Gasteiger charge is -2.23. The lowest BCUT2D eigenvalue weighted by atomic mass is 10.2. The van der Waals surface area contributed by atoms with Crippen LogP contribution in [0.2, 0.25) is 0 Å². The van der Waals surface area contributed by atoms with Crippen molar-refractivity contribution < 1.29 is 19.1 Å². The van der Waals surface area contributed by atoms with Crippen LogP contribution in [0.15, 0.2) is 60.7 Å². The van der Waals surface area contributed by atoms with Crippen molar-refractivity contribution in [1.29, 1.82) is 0 Å². The molecule has 1 fully saturated rings. The number of amides is 2. The summed E-state index contributed by atoms with van der Waals surface area (Å²) in [6.45, 7) is 0. The molecular formula is C21H20N2O4S2. The molecule has 0 spiro atoms. The van der Waals surface area contributed by atoms with Crippen LogP contribution in [0.4, 0.5) is 0 Å². The lowest BCUT2D eigenvalue weighted by molar-refractivity contribution is 0.0577. The van der Waals surface area contributed by atoms with Crippen molar-refractivity contribution in [3.05, 3.63) is 71.8 Å². The summed E-state index contributed by atoms with van der Waals surface area (Å²) in [5, 5.41) is 5.10. The van der Waals surface area contributed by atoms with Gasteiger partial charge < -0.3 is 9.47 Å². The number of ether oxygens (including phenoxy) is 2. The predicted molar refractivity (Wildman–Crippen MR) is 117 cm³/mol. The van der Waals surface area contributed by atoms with Crippen molar-refractivity contribution in [3.8, 4) is 0 Å². The van der Waals surface area contributed by atoms with Crippen LogP contribution in [0.3, 0.4) is 0 Å². The summed E-state index contributed by atoms with van der Waals surface area (Å²) in [4.78, 5) is 24.3. The molecule has 0 aliphatic heterocycles. The highest BCUT2D eigenvalue weighted by Crippen LogP contribution is 2.25. The second-order valence-electron chi connectivity index (χ2n) is 6.46. The average molecular weight is 429 g/mol. The Morgan fingerprint density at radius 2 is 1.10 bits per heavy atom. The third-order valence-corrected chi connectivity index (χ3v) is 4.81. The SMILES string of the molecule is O=C(NC(=S)O[C@H]1CCC[C@@H]1OC(=S)NC(=O)c1ccccc1)c1ccccc1. The second kappa shape index (κ2) is 10.1. The van der Waals surface area contributed by atoms with Crippen molar-refractivity contribution in [2.75, 3.05) is 0 Å². The number of carbonyl (C=O) groups is 2. The smallest absolute Gasteiger partial charge is 0.264 e. The highest BCUT2D eigenvalue weighted by Gasteiger charge is 2.32. The second-order valence-corrected chi connectivity index (χ2v) is 7.20. The van der Waals surface area contributed by atoms with E-state index in [-0.39, 0.29) is 34.4 Å². The van der Waals surface area contributed by atoms with Crippen LogP contribution in [0.25, 0.3) is 0 Å². The van der Waals surface area contributed by atoms with Crippen LogP contribution in [-0.4, -0.2) is 34.4 Å². The minimum absolute atomic E-state index is 0.0152. The van der Waals surface area contributed by atoms with Crippen molar-refractivity contribution in [1.82, 2.24) is 10.6 Å². The normalized spacial score (nSPS) is 17.8. The highest BCUT2D eigenvalue weighted by molar-refractivity contribution is 7.80. The monoisotopic (exact) mass is 428 g/mol. The maximum absolute atomic E-state index is 12.2. The van der Waals surface area contributed by atoms with Gasteiger partial charge in [-0.15, -0.1) is 0 Å². The summed E-state index contributed by atoms with van der Waals surface area (Å²) < 4.78 is 11.4. The number of thiocarbonyl (C=S) groups is 2. The fourth-order valence-corrected chi connectivity index (χ4v) is 3.44. The fourth-order valence-electron chi connectivity index (χ4n) is 3.00. The van der Waals surface area contributed by atoms with E-state index < -0.39 is 0 Å². The van der Waals surface area contributed by atoms with Crippen molar-refractivity contribution >= 4 is 46.6 Å². The van der Waals surface area contributed by atoms with Gasteiger partial charge in [0.15, 0.2) is 0 Å². The van der Waals surface area contributed by atoms with E-state index in [4.69, 9.17) is 33.9 Å². The summed E-state index contributed by atoms with van der Waals surface area (Å²) in [5.41, 5.74) is 0.977. The number of nitrogens with one attached hydrogen (secondary N) is 2. The van der Waals surface area contributed by atoms with Gasteiger partial charge >= 0.3 is 0 Å². The van der Waals surface area contributed by atoms with E-state index in [0.717, 1.165) is 6.42 Å². The quantitative estimate of drug-likeness (QED) is 0.728. The zero-order chi connectivity index (χ0) is 20.6. The molecule has 1 aliphatic carbocycles. The molecule has 8 heteroatoms. The molecule has 0 radical (unpaired) electrons. The van der Waals surface area contributed by atoms with Crippen LogP contribution in [-0.2, 0) is 9.47 Å². The van der Waals surface area contributed by atoms with E-state index in [9.17, 15) is 9.59 Å². The minimum atomic E-state index is -0.356. The van der Waals surface area contributed by atoms with Crippen LogP contribution >= 0.6 is 24.4 Å². The fraction of sp³-hybridized carbons (Fsp3) is 0.238. The third kappa shape index (κ3) is 6.07. The number of rotatable bonds is 4. The molecule has 0 heterocycles. The molecule has 6 nitrogen and oxygen atoms in total. The van der Waals surface area contributed by atoms with E-state index in [0.29, 0.717) is 24.0 Å². The van der Waals surface area contributed by atoms with Crippen LogP contribution in [0, 0.1) is 0 Å². The summed E-state index contributed by atoms with van der Waals surface area (Å²) >= 11 is 10.3. The van der Waals surface area contributed by atoms with Crippen LogP contribution in [0.5, 0.6) is 0 Å². The van der Waals surface area contributed by atoms with Crippen LogP contribution in [0.1, 0.15) is 40.0 Å². The maximum Gasteiger partial charge on any atom is 0.264 e. The molecule has 0 aromatic heterocycles. The van der Waals surface area contributed by atoms with Crippen molar-refractivity contribution in [3.63, 3.8) is 0 Å². The lowest BCUT2D eigenvalue weighted by Crippen LogP contribution is -2.40. The van der Waals surface area contributed by atoms with E-state index in [1.807, 2.05) is 12.1 Å². The third-order valence-electron chi connectivity index (χ3n) is 4.41. The van der Waals surface area contributed by atoms with Gasteiger partial charge in [0.2, 0.25) is 0 Å². The van der Waals surface area contributed by atoms with E-state index in [2.05, 4.69) is 10.6 Å². The number of hydrogen-bond acceptors (Lipinski definition) is 6. The standard InChI is InChI=1S/C21H20N2O4S2/c24-18(14-8-3-1-4-9-14)22-20(28)26-16-12-7-13-17(16)27-21(29)23-19(25)15-10-5-2-6-11-15/h1-6,8-11,16-17H,7,12-13H2,(H,22,24,28)(H,23,25,29)/t16-,17-/m0/s1. The molecule has 2 aromatic carbocycles. The zero-order valence-corrected chi connectivity index (χ0v) is 17.1. The molecule has 3 rings (SSSR count). The van der Waals surface area contributed by atoms with Gasteiger partial charge in [0.05, 0.1) is 0 Å². The Morgan fingerprint density at radius 3 is 1.48 bits per heavy atom. The van der Waals surface area contributed by atoms with Gasteiger partial charge in [-0.25, -0.2) is 0 Å². The Kier molecular flexibility index (Phi) is 7.26. The summed E-state index contributed by atoms with van der Waals surface area (Å²) in [6, 6.07) is 17.5. The first-order valence-corrected chi connectivity index (χ1v) is 9.98. The molecule has 0 bridgehead atoms. The van der Waals surface area contributed by atoms with Gasteiger partial charge in [0.25, 0.3) is 22.2 Å². The highest BCUT2D eigenvalue weighted by atomic mass is 32.1. The first-order valence-electron chi connectivity index (χ1n) is 9.17. The molecule has 2 atom stereocenters. The predicted octanol–water partition coefficient (Wildman–Crippen LogP) is 3.37. The topological polar surface area (TPSA) is 76.7 Å². The number of benzene rings is 2. The van der Waals surface area contributed by atoms with E-state index in [1.54, 1.807) is 48.5 Å². The van der Waals surface area contributed by atoms with Gasteiger partial charge in [0, 0.05) is 11.1 Å². The Hall–Kier alpha value is -2.84. The molecule has 1 saturated carbocycles. The molecule has 150 valence electrons. The van der Waals surface area contributed by atoms with E-state index >= 15 is 0 Å². The Labute approximate surface area is 179 Å². The summed E-state index contributed by atoms with van der Waals surface area (Å²) in [5.74, 6) is -0.673. The minimum Gasteiger partial charge on any atom is -0.463 e. The largest absolute Gasteiger partial charge is 0.463 e. The number of hydrogen-bond donors (Lipinski definition) is 2. The van der Waals surface area contributed by atoms with Crippen molar-refractivity contribution in [2.45, 2.75) is 31.5 Å². The summed E-state index contributed by atoms with van der Waals surface area (Å²) in [6.07, 6.45) is 1.57. The Morgan fingerprint density at radius 1 is 0.724 bits per heavy atom. The molecule has 1 aliphatic rings. The van der Waals surface area contributed by atoms with Gasteiger partial charge in [-0.1, -0.05) is 36.4 Å². The Bertz CT molecular complexity index is 817. The molecule has 2 amide bonds. The maximum atomic E-state index is 12.2. The zero-order valence-electron chi connectivity index (χ0n) is 15.5. The average Bonchev–Trinajstić information content (AvgIpc) is 3.15. The number of carbonyl (C=O) groups excluding carboxylic acids is 2. The van der Waals surface area contributed by atoms with Gasteiger partial charge in [-0.3, -0.25) is 20.2 Å². The first kappa shape index (κ1) is 20.9. The molecule has 2 N–H and O–H groups in total. The van der Waals surface area contributed by atoms with Gasteiger partial charge in [-0.2, -0.15) is 0 Å². The molecule has 0 saturated heterocycles. The molecule has 0 unspecified atom stereocenters.